The van der Waals surface area contributed by atoms with Crippen molar-refractivity contribution in [2.75, 3.05) is 32.6 Å². The molecule has 106 valence electrons. The summed E-state index contributed by atoms with van der Waals surface area (Å²) < 4.78 is 5.57. The molecule has 5 nitrogen and oxygen atoms in total. The minimum absolute atomic E-state index is 0.163. The van der Waals surface area contributed by atoms with Crippen molar-refractivity contribution in [3.05, 3.63) is 24.3 Å². The molecule has 0 bridgehead atoms. The Kier molecular flexibility index (Phi) is 6.32. The van der Waals surface area contributed by atoms with Crippen LogP contribution < -0.4 is 15.8 Å². The third-order valence-electron chi connectivity index (χ3n) is 2.71. The Bertz CT molecular complexity index is 390. The van der Waals surface area contributed by atoms with Crippen molar-refractivity contribution in [2.45, 2.75) is 19.4 Å². The van der Waals surface area contributed by atoms with E-state index in [1.54, 1.807) is 0 Å². The van der Waals surface area contributed by atoms with E-state index in [9.17, 15) is 4.79 Å². The molecule has 0 aliphatic carbocycles. The van der Waals surface area contributed by atoms with E-state index < -0.39 is 6.04 Å². The molecule has 1 aromatic rings. The molecule has 5 heteroatoms. The Hall–Kier alpha value is -1.59. The first-order valence-electron chi connectivity index (χ1n) is 6.47. The maximum atomic E-state index is 11.6. The second kappa shape index (κ2) is 7.76. The van der Waals surface area contributed by atoms with Crippen LogP contribution in [0.25, 0.3) is 0 Å². The summed E-state index contributed by atoms with van der Waals surface area (Å²) in [6.07, 6.45) is 0.623. The van der Waals surface area contributed by atoms with Gasteiger partial charge in [0, 0.05) is 12.2 Å². The second-order valence-electron chi connectivity index (χ2n) is 4.68. The lowest BCUT2D eigenvalue weighted by Crippen LogP contribution is -2.34. The monoisotopic (exact) mass is 265 g/mol. The number of benzene rings is 1. The largest absolute Gasteiger partial charge is 0.492 e. The Morgan fingerprint density at radius 1 is 1.37 bits per heavy atom. The minimum atomic E-state index is -0.462. The number of likely N-dealkylation sites (N-methyl/N-ethyl adjacent to an activating group) is 1. The van der Waals surface area contributed by atoms with Crippen LogP contribution in [0.4, 0.5) is 5.69 Å². The van der Waals surface area contributed by atoms with Crippen LogP contribution in [0, 0.1) is 0 Å². The zero-order chi connectivity index (χ0) is 14.3. The zero-order valence-electron chi connectivity index (χ0n) is 11.8. The molecular weight excluding hydrogens is 242 g/mol. The number of hydrogen-bond acceptors (Lipinski definition) is 4. The molecule has 0 unspecified atom stereocenters. The lowest BCUT2D eigenvalue weighted by molar-refractivity contribution is -0.117. The van der Waals surface area contributed by atoms with Gasteiger partial charge < -0.3 is 20.7 Å². The molecule has 0 spiro atoms. The van der Waals surface area contributed by atoms with Gasteiger partial charge in [-0.15, -0.1) is 0 Å². The van der Waals surface area contributed by atoms with Crippen LogP contribution in [0.2, 0.25) is 0 Å². The lowest BCUT2D eigenvalue weighted by atomic mass is 10.2. The van der Waals surface area contributed by atoms with Crippen LogP contribution in [0.3, 0.4) is 0 Å². The molecule has 3 N–H and O–H groups in total. The molecule has 0 aromatic heterocycles. The fourth-order valence-corrected chi connectivity index (χ4v) is 1.40. The lowest BCUT2D eigenvalue weighted by Gasteiger charge is -2.12. The first kappa shape index (κ1) is 15.5. The van der Waals surface area contributed by atoms with Gasteiger partial charge in [-0.3, -0.25) is 4.79 Å². The van der Waals surface area contributed by atoms with Crippen molar-refractivity contribution in [3.63, 3.8) is 0 Å². The molecule has 0 fully saturated rings. The van der Waals surface area contributed by atoms with Crippen LogP contribution >= 0.6 is 0 Å². The molecular formula is C14H23N3O2. The number of carbonyl (C=O) groups is 1. The summed E-state index contributed by atoms with van der Waals surface area (Å²) in [7, 11) is 4.00. The first-order chi connectivity index (χ1) is 9.02. The Labute approximate surface area is 114 Å². The van der Waals surface area contributed by atoms with E-state index in [-0.39, 0.29) is 5.91 Å². The predicted molar refractivity (Wildman–Crippen MR) is 77.4 cm³/mol. The summed E-state index contributed by atoms with van der Waals surface area (Å²) in [6, 6.07) is 6.83. The van der Waals surface area contributed by atoms with Gasteiger partial charge >= 0.3 is 0 Å². The highest BCUT2D eigenvalue weighted by molar-refractivity contribution is 5.94. The number of carbonyl (C=O) groups excluding carboxylic acids is 1. The minimum Gasteiger partial charge on any atom is -0.492 e. The number of anilines is 1. The van der Waals surface area contributed by atoms with Crippen molar-refractivity contribution in [1.29, 1.82) is 0 Å². The van der Waals surface area contributed by atoms with Crippen LogP contribution in [-0.4, -0.2) is 44.1 Å². The van der Waals surface area contributed by atoms with Crippen molar-refractivity contribution in [2.24, 2.45) is 5.73 Å². The van der Waals surface area contributed by atoms with E-state index in [0.717, 1.165) is 18.0 Å². The summed E-state index contributed by atoms with van der Waals surface area (Å²) in [5.41, 5.74) is 6.38. The van der Waals surface area contributed by atoms with Gasteiger partial charge in [-0.1, -0.05) is 6.92 Å². The van der Waals surface area contributed by atoms with E-state index in [4.69, 9.17) is 10.5 Å². The summed E-state index contributed by atoms with van der Waals surface area (Å²) >= 11 is 0. The fraction of sp³-hybridized carbons (Fsp3) is 0.500. The van der Waals surface area contributed by atoms with Gasteiger partial charge in [-0.2, -0.15) is 0 Å². The topological polar surface area (TPSA) is 67.6 Å². The first-order valence-corrected chi connectivity index (χ1v) is 6.47. The van der Waals surface area contributed by atoms with Gasteiger partial charge in [0.05, 0.1) is 6.04 Å². The molecule has 1 aromatic carbocycles. The molecule has 0 heterocycles. The Balaban J connectivity index is 2.45. The number of amides is 1. The molecule has 19 heavy (non-hydrogen) atoms. The normalized spacial score (nSPS) is 12.3. The average molecular weight is 265 g/mol. The van der Waals surface area contributed by atoms with E-state index in [2.05, 4.69) is 10.2 Å². The number of nitrogens with one attached hydrogen (secondary N) is 1. The van der Waals surface area contributed by atoms with Crippen molar-refractivity contribution >= 4 is 11.6 Å². The smallest absolute Gasteiger partial charge is 0.241 e. The van der Waals surface area contributed by atoms with Gasteiger partial charge in [0.25, 0.3) is 0 Å². The molecule has 1 rings (SSSR count). The zero-order valence-corrected chi connectivity index (χ0v) is 11.8. The van der Waals surface area contributed by atoms with E-state index >= 15 is 0 Å². The molecule has 0 saturated heterocycles. The standard InChI is InChI=1S/C14H23N3O2/c1-4-13(15)14(18)16-11-5-7-12(8-6-11)19-10-9-17(2)3/h5-8,13H,4,9-10,15H2,1-3H3,(H,16,18)/t13-/m1/s1. The highest BCUT2D eigenvalue weighted by atomic mass is 16.5. The third kappa shape index (κ3) is 5.72. The van der Waals surface area contributed by atoms with Crippen LogP contribution in [0.5, 0.6) is 5.75 Å². The summed E-state index contributed by atoms with van der Waals surface area (Å²) in [5, 5.41) is 2.77. The predicted octanol–water partition coefficient (Wildman–Crippen LogP) is 1.30. The molecule has 1 atom stereocenters. The van der Waals surface area contributed by atoms with Gasteiger partial charge in [0.2, 0.25) is 5.91 Å². The quantitative estimate of drug-likeness (QED) is 0.780. The Morgan fingerprint density at radius 2 is 2.00 bits per heavy atom. The maximum Gasteiger partial charge on any atom is 0.241 e. The number of ether oxygens (including phenoxy) is 1. The van der Waals surface area contributed by atoms with Crippen molar-refractivity contribution < 1.29 is 9.53 Å². The van der Waals surface area contributed by atoms with E-state index in [1.165, 1.54) is 0 Å². The molecule has 0 radical (unpaired) electrons. The maximum absolute atomic E-state index is 11.6. The van der Waals surface area contributed by atoms with Gasteiger partial charge in [-0.25, -0.2) is 0 Å². The number of hydrogen-bond donors (Lipinski definition) is 2. The average Bonchev–Trinajstić information content (AvgIpc) is 2.39. The van der Waals surface area contributed by atoms with E-state index in [0.29, 0.717) is 13.0 Å². The summed E-state index contributed by atoms with van der Waals surface area (Å²) in [5.74, 6) is 0.628. The SMILES string of the molecule is CC[C@@H](N)C(=O)Nc1ccc(OCCN(C)C)cc1. The fourth-order valence-electron chi connectivity index (χ4n) is 1.40. The second-order valence-corrected chi connectivity index (χ2v) is 4.68. The molecule has 0 aliphatic heterocycles. The molecule has 0 saturated carbocycles. The highest BCUT2D eigenvalue weighted by Crippen LogP contribution is 2.15. The highest BCUT2D eigenvalue weighted by Gasteiger charge is 2.10. The number of rotatable bonds is 7. The van der Waals surface area contributed by atoms with Crippen LogP contribution in [0.1, 0.15) is 13.3 Å². The van der Waals surface area contributed by atoms with Crippen LogP contribution in [0.15, 0.2) is 24.3 Å². The van der Waals surface area contributed by atoms with Gasteiger partial charge in [0.15, 0.2) is 0 Å². The van der Waals surface area contributed by atoms with E-state index in [1.807, 2.05) is 45.3 Å². The number of nitrogens with zero attached hydrogens (tertiary/aromatic N) is 1. The molecule has 1 amide bonds. The number of nitrogens with two attached hydrogens (primary N) is 1. The van der Waals surface area contributed by atoms with Crippen molar-refractivity contribution in [3.8, 4) is 5.75 Å². The van der Waals surface area contributed by atoms with Crippen LogP contribution in [-0.2, 0) is 4.79 Å². The molecule has 0 aliphatic rings. The summed E-state index contributed by atoms with van der Waals surface area (Å²) in [6.45, 7) is 3.38. The Morgan fingerprint density at radius 3 is 2.53 bits per heavy atom. The third-order valence-corrected chi connectivity index (χ3v) is 2.71. The van der Waals surface area contributed by atoms with Gasteiger partial charge in [0.1, 0.15) is 12.4 Å². The van der Waals surface area contributed by atoms with Crippen molar-refractivity contribution in [1.82, 2.24) is 4.90 Å². The summed E-state index contributed by atoms with van der Waals surface area (Å²) in [4.78, 5) is 13.7. The van der Waals surface area contributed by atoms with Gasteiger partial charge in [-0.05, 0) is 44.8 Å².